The largest absolute Gasteiger partial charge is 0.465 e. The summed E-state index contributed by atoms with van der Waals surface area (Å²) >= 11 is 0. The Morgan fingerprint density at radius 2 is 1.86 bits per heavy atom. The number of hydrogen-bond donors (Lipinski definition) is 1. The minimum atomic E-state index is -1.53. The lowest BCUT2D eigenvalue weighted by molar-refractivity contribution is 0.0599. The summed E-state index contributed by atoms with van der Waals surface area (Å²) in [7, 11) is 1.25. The highest BCUT2D eigenvalue weighted by molar-refractivity contribution is 5.90. The van der Waals surface area contributed by atoms with Gasteiger partial charge in [-0.15, -0.1) is 0 Å². The molecule has 0 saturated heterocycles. The molecule has 0 unspecified atom stereocenters. The summed E-state index contributed by atoms with van der Waals surface area (Å²) in [6.07, 6.45) is 0. The van der Waals surface area contributed by atoms with E-state index in [0.29, 0.717) is 11.5 Å². The number of ether oxygens (including phenoxy) is 1. The molecule has 0 atom stereocenters. The van der Waals surface area contributed by atoms with Crippen molar-refractivity contribution in [1.29, 1.82) is 0 Å². The lowest BCUT2D eigenvalue weighted by Crippen LogP contribution is -2.02. The van der Waals surface area contributed by atoms with Crippen LogP contribution in [0, 0.1) is 24.4 Å². The van der Waals surface area contributed by atoms with Crippen LogP contribution in [0.4, 0.5) is 18.9 Å². The average Bonchev–Trinajstić information content (AvgIpc) is 2.82. The summed E-state index contributed by atoms with van der Waals surface area (Å²) in [6.45, 7) is 1.66. The first-order valence-corrected chi connectivity index (χ1v) is 5.98. The molecular formula is C14H12F3NO3. The molecule has 0 bridgehead atoms. The Morgan fingerprint density at radius 1 is 1.24 bits per heavy atom. The van der Waals surface area contributed by atoms with E-state index >= 15 is 0 Å². The van der Waals surface area contributed by atoms with Gasteiger partial charge in [0, 0.05) is 17.8 Å². The van der Waals surface area contributed by atoms with E-state index in [1.807, 2.05) is 0 Å². The van der Waals surface area contributed by atoms with Crippen LogP contribution in [-0.2, 0) is 11.3 Å². The molecule has 1 aromatic heterocycles. The van der Waals surface area contributed by atoms with E-state index in [2.05, 4.69) is 10.1 Å². The van der Waals surface area contributed by atoms with Gasteiger partial charge in [-0.05, 0) is 13.0 Å². The smallest absolute Gasteiger partial charge is 0.341 e. The molecule has 0 amide bonds. The van der Waals surface area contributed by atoms with Crippen molar-refractivity contribution in [1.82, 2.24) is 0 Å². The maximum absolute atomic E-state index is 13.0. The third-order valence-electron chi connectivity index (χ3n) is 2.82. The fourth-order valence-corrected chi connectivity index (χ4v) is 1.79. The number of halogens is 3. The highest BCUT2D eigenvalue weighted by Crippen LogP contribution is 2.20. The Morgan fingerprint density at radius 3 is 2.43 bits per heavy atom. The molecule has 0 radical (unpaired) electrons. The van der Waals surface area contributed by atoms with Gasteiger partial charge in [-0.3, -0.25) is 0 Å². The number of anilines is 1. The van der Waals surface area contributed by atoms with Gasteiger partial charge in [-0.2, -0.15) is 0 Å². The molecule has 1 aromatic carbocycles. The normalized spacial score (nSPS) is 10.5. The molecule has 2 rings (SSSR count). The van der Waals surface area contributed by atoms with E-state index in [0.717, 1.165) is 12.1 Å². The van der Waals surface area contributed by atoms with Gasteiger partial charge >= 0.3 is 5.97 Å². The van der Waals surface area contributed by atoms with Crippen LogP contribution in [0.1, 0.15) is 21.9 Å². The van der Waals surface area contributed by atoms with Gasteiger partial charge in [-0.1, -0.05) is 0 Å². The van der Waals surface area contributed by atoms with Crippen molar-refractivity contribution in [2.45, 2.75) is 13.5 Å². The molecule has 4 nitrogen and oxygen atoms in total. The van der Waals surface area contributed by atoms with E-state index in [-0.39, 0.29) is 17.8 Å². The third kappa shape index (κ3) is 3.18. The Hall–Kier alpha value is -2.44. The summed E-state index contributed by atoms with van der Waals surface area (Å²) in [5, 5.41) is 2.67. The number of benzene rings is 1. The molecule has 1 heterocycles. The van der Waals surface area contributed by atoms with Crippen molar-refractivity contribution in [2.75, 3.05) is 12.4 Å². The first kappa shape index (κ1) is 15.0. The van der Waals surface area contributed by atoms with Crippen molar-refractivity contribution in [3.05, 3.63) is 52.7 Å². The lowest BCUT2D eigenvalue weighted by Gasteiger charge is -2.05. The average molecular weight is 299 g/mol. The standard InChI is InChI=1S/C14H12F3NO3/c1-7-10(14(19)20-2)5-9(21-7)6-18-8-3-11(15)13(17)12(16)4-8/h3-5,18H,6H2,1-2H3. The number of furan rings is 1. The van der Waals surface area contributed by atoms with Crippen molar-refractivity contribution in [3.63, 3.8) is 0 Å². The molecule has 0 aliphatic rings. The molecule has 21 heavy (non-hydrogen) atoms. The lowest BCUT2D eigenvalue weighted by atomic mass is 10.2. The molecule has 0 spiro atoms. The second-order valence-electron chi connectivity index (χ2n) is 4.28. The van der Waals surface area contributed by atoms with Crippen LogP contribution < -0.4 is 5.32 Å². The first-order chi connectivity index (χ1) is 9.92. The highest BCUT2D eigenvalue weighted by Gasteiger charge is 2.15. The van der Waals surface area contributed by atoms with E-state index in [1.165, 1.54) is 13.2 Å². The molecule has 2 aromatic rings. The summed E-state index contributed by atoms with van der Waals surface area (Å²) in [4.78, 5) is 11.4. The zero-order valence-electron chi connectivity index (χ0n) is 11.3. The minimum Gasteiger partial charge on any atom is -0.465 e. The second-order valence-corrected chi connectivity index (χ2v) is 4.28. The molecule has 0 fully saturated rings. The van der Waals surface area contributed by atoms with Crippen LogP contribution in [0.2, 0.25) is 0 Å². The third-order valence-corrected chi connectivity index (χ3v) is 2.82. The number of methoxy groups -OCH3 is 1. The van der Waals surface area contributed by atoms with Gasteiger partial charge in [0.25, 0.3) is 0 Å². The predicted octanol–water partition coefficient (Wildman–Crippen LogP) is 3.40. The predicted molar refractivity (Wildman–Crippen MR) is 68.4 cm³/mol. The van der Waals surface area contributed by atoms with Gasteiger partial charge < -0.3 is 14.5 Å². The van der Waals surface area contributed by atoms with Crippen LogP contribution in [0.15, 0.2) is 22.6 Å². The van der Waals surface area contributed by atoms with Crippen molar-refractivity contribution < 1.29 is 27.1 Å². The SMILES string of the molecule is COC(=O)c1cc(CNc2cc(F)c(F)c(F)c2)oc1C. The summed E-state index contributed by atoms with van der Waals surface area (Å²) in [5.74, 6) is -3.90. The fourth-order valence-electron chi connectivity index (χ4n) is 1.79. The number of hydrogen-bond acceptors (Lipinski definition) is 4. The highest BCUT2D eigenvalue weighted by atomic mass is 19.2. The molecule has 112 valence electrons. The van der Waals surface area contributed by atoms with Crippen LogP contribution in [0.25, 0.3) is 0 Å². The van der Waals surface area contributed by atoms with E-state index < -0.39 is 23.4 Å². The Kier molecular flexibility index (Phi) is 4.21. The van der Waals surface area contributed by atoms with Crippen molar-refractivity contribution >= 4 is 11.7 Å². The number of aryl methyl sites for hydroxylation is 1. The maximum Gasteiger partial charge on any atom is 0.341 e. The Bertz CT molecular complexity index is 659. The summed E-state index contributed by atoms with van der Waals surface area (Å²) in [6, 6.07) is 3.12. The van der Waals surface area contributed by atoms with Gasteiger partial charge in [0.2, 0.25) is 0 Å². The Labute approximate surface area is 118 Å². The molecule has 0 aliphatic carbocycles. The maximum atomic E-state index is 13.0. The first-order valence-electron chi connectivity index (χ1n) is 5.98. The number of carbonyl (C=O) groups excluding carboxylic acids is 1. The van der Waals surface area contributed by atoms with Gasteiger partial charge in [0.1, 0.15) is 17.1 Å². The number of nitrogens with one attached hydrogen (secondary N) is 1. The van der Waals surface area contributed by atoms with E-state index in [4.69, 9.17) is 4.42 Å². The topological polar surface area (TPSA) is 51.5 Å². The quantitative estimate of drug-likeness (QED) is 0.694. The number of rotatable bonds is 4. The molecule has 1 N–H and O–H groups in total. The molecule has 0 saturated carbocycles. The Balaban J connectivity index is 2.12. The molecular weight excluding hydrogens is 287 g/mol. The van der Waals surface area contributed by atoms with Gasteiger partial charge in [0.05, 0.1) is 13.7 Å². The minimum absolute atomic E-state index is 0.0556. The van der Waals surface area contributed by atoms with Crippen LogP contribution in [0.5, 0.6) is 0 Å². The second kappa shape index (κ2) is 5.90. The van der Waals surface area contributed by atoms with Gasteiger partial charge in [-0.25, -0.2) is 18.0 Å². The zero-order chi connectivity index (χ0) is 15.6. The zero-order valence-corrected chi connectivity index (χ0v) is 11.3. The molecule has 0 aliphatic heterocycles. The monoisotopic (exact) mass is 299 g/mol. The van der Waals surface area contributed by atoms with Crippen LogP contribution >= 0.6 is 0 Å². The van der Waals surface area contributed by atoms with E-state index in [1.54, 1.807) is 6.92 Å². The summed E-state index contributed by atoms with van der Waals surface area (Å²) < 4.78 is 48.8. The van der Waals surface area contributed by atoms with Crippen LogP contribution in [0.3, 0.4) is 0 Å². The van der Waals surface area contributed by atoms with Gasteiger partial charge in [0.15, 0.2) is 17.5 Å². The van der Waals surface area contributed by atoms with Crippen LogP contribution in [-0.4, -0.2) is 13.1 Å². The number of carbonyl (C=O) groups is 1. The van der Waals surface area contributed by atoms with E-state index in [9.17, 15) is 18.0 Å². The van der Waals surface area contributed by atoms with Crippen molar-refractivity contribution in [3.8, 4) is 0 Å². The molecule has 7 heteroatoms. The van der Waals surface area contributed by atoms with Crippen molar-refractivity contribution in [2.24, 2.45) is 0 Å². The summed E-state index contributed by atoms with van der Waals surface area (Å²) in [5.41, 5.74) is 0.325. The number of esters is 1. The fraction of sp³-hybridized carbons (Fsp3) is 0.214.